The van der Waals surface area contributed by atoms with E-state index in [0.29, 0.717) is 15.9 Å². The van der Waals surface area contributed by atoms with Gasteiger partial charge in [-0.1, -0.05) is 22.0 Å². The van der Waals surface area contributed by atoms with E-state index in [1.807, 2.05) is 13.8 Å². The van der Waals surface area contributed by atoms with Crippen LogP contribution in [0.4, 0.5) is 4.39 Å². The van der Waals surface area contributed by atoms with Gasteiger partial charge in [0.05, 0.1) is 13.3 Å². The van der Waals surface area contributed by atoms with Crippen LogP contribution in [0, 0.1) is 5.82 Å². The lowest BCUT2D eigenvalue weighted by atomic mass is 10.1. The molecule has 6 heteroatoms. The van der Waals surface area contributed by atoms with E-state index in [9.17, 15) is 9.50 Å². The highest BCUT2D eigenvalue weighted by molar-refractivity contribution is 9.10. The number of benzene rings is 1. The Morgan fingerprint density at radius 2 is 2.10 bits per heavy atom. The third-order valence-corrected chi connectivity index (χ3v) is 3.73. The van der Waals surface area contributed by atoms with Crippen LogP contribution in [0.25, 0.3) is 0 Å². The van der Waals surface area contributed by atoms with Crippen molar-refractivity contribution in [3.63, 3.8) is 0 Å². The molecular formula is C14H16BrFN2O2. The lowest BCUT2D eigenvalue weighted by molar-refractivity contribution is 0.194. The minimum atomic E-state index is -1.16. The number of hydrogen-bond donors (Lipinski definition) is 1. The van der Waals surface area contributed by atoms with E-state index in [-0.39, 0.29) is 11.6 Å². The van der Waals surface area contributed by atoms with Crippen LogP contribution in [0.3, 0.4) is 0 Å². The first-order chi connectivity index (χ1) is 9.47. The number of hydrogen-bond acceptors (Lipinski definition) is 3. The van der Waals surface area contributed by atoms with Gasteiger partial charge in [0.2, 0.25) is 0 Å². The van der Waals surface area contributed by atoms with Crippen LogP contribution < -0.4 is 4.74 Å². The van der Waals surface area contributed by atoms with Gasteiger partial charge in [0.1, 0.15) is 17.6 Å². The number of ether oxygens (including phenoxy) is 1. The van der Waals surface area contributed by atoms with E-state index >= 15 is 0 Å². The maximum Gasteiger partial charge on any atom is 0.163 e. The first-order valence-electron chi connectivity index (χ1n) is 6.20. The molecule has 2 rings (SSSR count). The van der Waals surface area contributed by atoms with Gasteiger partial charge in [-0.2, -0.15) is 5.10 Å². The Labute approximate surface area is 125 Å². The number of rotatable bonds is 4. The number of aliphatic hydroxyl groups is 1. The molecule has 1 heterocycles. The van der Waals surface area contributed by atoms with E-state index in [1.54, 1.807) is 16.8 Å². The molecule has 108 valence electrons. The van der Waals surface area contributed by atoms with Gasteiger partial charge in [-0.05, 0) is 26.0 Å². The summed E-state index contributed by atoms with van der Waals surface area (Å²) in [4.78, 5) is 0. The van der Waals surface area contributed by atoms with Gasteiger partial charge in [-0.3, -0.25) is 4.68 Å². The third kappa shape index (κ3) is 2.58. The average Bonchev–Trinajstić information content (AvgIpc) is 2.82. The Bertz CT molecular complexity index is 593. The molecule has 0 saturated heterocycles. The highest BCUT2D eigenvalue weighted by Gasteiger charge is 2.26. The van der Waals surface area contributed by atoms with Crippen LogP contribution in [-0.4, -0.2) is 22.0 Å². The van der Waals surface area contributed by atoms with E-state index in [2.05, 4.69) is 21.0 Å². The van der Waals surface area contributed by atoms with E-state index in [4.69, 9.17) is 4.74 Å². The van der Waals surface area contributed by atoms with E-state index in [1.165, 1.54) is 19.4 Å². The fourth-order valence-corrected chi connectivity index (χ4v) is 2.65. The molecule has 2 aromatic rings. The molecule has 1 N–H and O–H groups in total. The van der Waals surface area contributed by atoms with Crippen molar-refractivity contribution < 1.29 is 14.2 Å². The molecule has 0 spiro atoms. The molecule has 0 aliphatic heterocycles. The molecule has 0 bridgehead atoms. The molecule has 0 amide bonds. The van der Waals surface area contributed by atoms with Crippen LogP contribution in [0.2, 0.25) is 0 Å². The predicted molar refractivity (Wildman–Crippen MR) is 77.3 cm³/mol. The van der Waals surface area contributed by atoms with Crippen molar-refractivity contribution >= 4 is 15.9 Å². The Balaban J connectivity index is 2.58. The fraction of sp³-hybridized carbons (Fsp3) is 0.357. The summed E-state index contributed by atoms with van der Waals surface area (Å²) in [6, 6.07) is 4.59. The number of aromatic nitrogens is 2. The molecule has 0 saturated carbocycles. The van der Waals surface area contributed by atoms with Gasteiger partial charge in [-0.25, -0.2) is 4.39 Å². The summed E-state index contributed by atoms with van der Waals surface area (Å²) in [6.45, 7) is 3.86. The SMILES string of the molecule is COc1cnn(C(C)C)c1C(O)c1c(F)cccc1Br. The number of nitrogens with zero attached hydrogens (tertiary/aromatic N) is 2. The van der Waals surface area contributed by atoms with Crippen LogP contribution in [0.1, 0.15) is 37.3 Å². The van der Waals surface area contributed by atoms with Crippen molar-refractivity contribution in [2.45, 2.75) is 26.0 Å². The van der Waals surface area contributed by atoms with Crippen LogP contribution in [-0.2, 0) is 0 Å². The summed E-state index contributed by atoms with van der Waals surface area (Å²) < 4.78 is 21.3. The van der Waals surface area contributed by atoms with Gasteiger partial charge in [0, 0.05) is 16.1 Å². The minimum absolute atomic E-state index is 0.0223. The maximum absolute atomic E-state index is 14.0. The molecular weight excluding hydrogens is 327 g/mol. The summed E-state index contributed by atoms with van der Waals surface area (Å²) in [5.41, 5.74) is 0.613. The average molecular weight is 343 g/mol. The van der Waals surface area contributed by atoms with Crippen molar-refractivity contribution in [2.24, 2.45) is 0 Å². The van der Waals surface area contributed by atoms with E-state index < -0.39 is 11.9 Å². The van der Waals surface area contributed by atoms with Gasteiger partial charge in [0.25, 0.3) is 0 Å². The second kappa shape index (κ2) is 5.93. The Kier molecular flexibility index (Phi) is 4.45. The van der Waals surface area contributed by atoms with Gasteiger partial charge >= 0.3 is 0 Å². The van der Waals surface area contributed by atoms with Crippen molar-refractivity contribution in [1.29, 1.82) is 0 Å². The van der Waals surface area contributed by atoms with Crippen LogP contribution >= 0.6 is 15.9 Å². The molecule has 4 nitrogen and oxygen atoms in total. The second-order valence-corrected chi connectivity index (χ2v) is 5.53. The molecule has 1 aromatic heterocycles. The summed E-state index contributed by atoms with van der Waals surface area (Å²) in [5.74, 6) is -0.0493. The van der Waals surface area contributed by atoms with Crippen molar-refractivity contribution in [2.75, 3.05) is 7.11 Å². The van der Waals surface area contributed by atoms with Crippen LogP contribution in [0.5, 0.6) is 5.75 Å². The van der Waals surface area contributed by atoms with Gasteiger partial charge in [-0.15, -0.1) is 0 Å². The number of halogens is 2. The topological polar surface area (TPSA) is 47.3 Å². The molecule has 0 fully saturated rings. The molecule has 1 unspecified atom stereocenters. The smallest absolute Gasteiger partial charge is 0.163 e. The zero-order chi connectivity index (χ0) is 14.9. The lowest BCUT2D eigenvalue weighted by Gasteiger charge is -2.19. The Morgan fingerprint density at radius 1 is 1.40 bits per heavy atom. The molecule has 0 aliphatic rings. The monoisotopic (exact) mass is 342 g/mol. The largest absolute Gasteiger partial charge is 0.493 e. The summed E-state index contributed by atoms with van der Waals surface area (Å²) >= 11 is 3.27. The summed E-state index contributed by atoms with van der Waals surface area (Å²) in [5, 5.41) is 14.8. The molecule has 0 aliphatic carbocycles. The molecule has 0 radical (unpaired) electrons. The van der Waals surface area contributed by atoms with Gasteiger partial charge < -0.3 is 9.84 Å². The second-order valence-electron chi connectivity index (χ2n) is 4.67. The Morgan fingerprint density at radius 3 is 2.65 bits per heavy atom. The van der Waals surface area contributed by atoms with E-state index in [0.717, 1.165) is 0 Å². The normalized spacial score (nSPS) is 12.8. The molecule has 1 aromatic carbocycles. The molecule has 20 heavy (non-hydrogen) atoms. The summed E-state index contributed by atoms with van der Waals surface area (Å²) in [7, 11) is 1.49. The summed E-state index contributed by atoms with van der Waals surface area (Å²) in [6.07, 6.45) is 0.359. The minimum Gasteiger partial charge on any atom is -0.493 e. The highest BCUT2D eigenvalue weighted by Crippen LogP contribution is 2.36. The zero-order valence-electron chi connectivity index (χ0n) is 11.5. The van der Waals surface area contributed by atoms with Crippen molar-refractivity contribution in [1.82, 2.24) is 9.78 Å². The number of methoxy groups -OCH3 is 1. The lowest BCUT2D eigenvalue weighted by Crippen LogP contribution is -2.14. The van der Waals surface area contributed by atoms with Crippen LogP contribution in [0.15, 0.2) is 28.9 Å². The Hall–Kier alpha value is -1.40. The highest BCUT2D eigenvalue weighted by atomic mass is 79.9. The maximum atomic E-state index is 14.0. The fourth-order valence-electron chi connectivity index (χ4n) is 2.09. The zero-order valence-corrected chi connectivity index (χ0v) is 13.1. The standard InChI is InChI=1S/C14H16BrFN2O2/c1-8(2)18-13(11(20-3)7-17-18)14(19)12-9(15)5-4-6-10(12)16/h4-8,14,19H,1-3H3. The van der Waals surface area contributed by atoms with Crippen molar-refractivity contribution in [3.05, 3.63) is 45.9 Å². The first kappa shape index (κ1) is 15.0. The van der Waals surface area contributed by atoms with Gasteiger partial charge in [0.15, 0.2) is 5.75 Å². The van der Waals surface area contributed by atoms with Crippen molar-refractivity contribution in [3.8, 4) is 5.75 Å². The molecule has 1 atom stereocenters. The predicted octanol–water partition coefficient (Wildman–Crippen LogP) is 3.46. The quantitative estimate of drug-likeness (QED) is 0.925. The number of aliphatic hydroxyl groups excluding tert-OH is 1. The first-order valence-corrected chi connectivity index (χ1v) is 7.00. The third-order valence-electron chi connectivity index (χ3n) is 3.04.